The van der Waals surface area contributed by atoms with E-state index in [-0.39, 0.29) is 30.2 Å². The zero-order valence-corrected chi connectivity index (χ0v) is 21.4. The zero-order valence-electron chi connectivity index (χ0n) is 21.4. The van der Waals surface area contributed by atoms with E-state index in [2.05, 4.69) is 15.2 Å². The molecule has 2 bridgehead atoms. The van der Waals surface area contributed by atoms with E-state index in [1.165, 1.54) is 18.4 Å². The summed E-state index contributed by atoms with van der Waals surface area (Å²) >= 11 is 0. The minimum Gasteiger partial charge on any atom is -0.504 e. The van der Waals surface area contributed by atoms with Crippen LogP contribution in [0.2, 0.25) is 0 Å². The molecule has 7 nitrogen and oxygen atoms in total. The Bertz CT molecular complexity index is 1470. The minimum absolute atomic E-state index is 0.0318. The second-order valence-corrected chi connectivity index (χ2v) is 12.2. The van der Waals surface area contributed by atoms with E-state index in [1.54, 1.807) is 6.07 Å². The molecule has 1 amide bonds. The number of nitrogens with zero attached hydrogens (tertiary/aromatic N) is 2. The number of amides is 1. The maximum absolute atomic E-state index is 13.3. The van der Waals surface area contributed by atoms with E-state index < -0.39 is 17.1 Å². The fraction of sp³-hybridized carbons (Fsp3) is 0.484. The summed E-state index contributed by atoms with van der Waals surface area (Å²) in [7, 11) is 0. The van der Waals surface area contributed by atoms with Crippen LogP contribution in [-0.4, -0.2) is 62.9 Å². The van der Waals surface area contributed by atoms with Crippen molar-refractivity contribution in [1.82, 2.24) is 15.2 Å². The van der Waals surface area contributed by atoms with E-state index in [4.69, 9.17) is 4.74 Å². The summed E-state index contributed by atoms with van der Waals surface area (Å²) in [4.78, 5) is 20.3. The maximum Gasteiger partial charge on any atom is 0.226 e. The smallest absolute Gasteiger partial charge is 0.226 e. The van der Waals surface area contributed by atoms with Crippen molar-refractivity contribution in [2.75, 3.05) is 13.1 Å². The Morgan fingerprint density at radius 1 is 1.13 bits per heavy atom. The van der Waals surface area contributed by atoms with Crippen molar-refractivity contribution in [3.63, 3.8) is 0 Å². The van der Waals surface area contributed by atoms with Crippen molar-refractivity contribution < 1.29 is 19.7 Å². The Morgan fingerprint density at radius 2 is 1.97 bits per heavy atom. The van der Waals surface area contributed by atoms with Crippen LogP contribution >= 0.6 is 0 Å². The second kappa shape index (κ2) is 7.93. The number of carbonyl (C=O) groups is 1. The van der Waals surface area contributed by atoms with Crippen molar-refractivity contribution in [2.24, 2.45) is 5.92 Å². The number of nitrogens with one attached hydrogen (secondary N) is 1. The average molecular weight is 512 g/mol. The molecular formula is C31H33N3O4. The quantitative estimate of drug-likeness (QED) is 0.487. The second-order valence-electron chi connectivity index (χ2n) is 12.2. The number of fused-ring (bicyclic) bond motifs is 1. The standard InChI is InChI=1S/C31H33N3O4/c35-24-8-7-20-14-25-31(37)10-9-23(33-26(36)15-22-13-19-3-1-2-4-21(19)16-32-22)29-30(31,27(20)28(24)38-29)11-12-34(25)17-18-5-6-18/h1-4,7-8,13,16,18,23,25,29,35,37H,5-6,9-12,14-15,17H2,(H,33,36)/t23-,25+,29-,30-,31+/m0/s1. The molecule has 8 rings (SSSR count). The third-order valence-electron chi connectivity index (χ3n) is 10.1. The molecule has 0 unspecified atom stereocenters. The molecule has 3 fully saturated rings. The number of aromatic hydroxyl groups is 1. The van der Waals surface area contributed by atoms with Gasteiger partial charge in [-0.15, -0.1) is 0 Å². The lowest BCUT2D eigenvalue weighted by molar-refractivity contribution is -0.192. The van der Waals surface area contributed by atoms with Gasteiger partial charge in [-0.25, -0.2) is 0 Å². The van der Waals surface area contributed by atoms with Gasteiger partial charge in [-0.3, -0.25) is 14.7 Å². The van der Waals surface area contributed by atoms with Crippen molar-refractivity contribution >= 4 is 16.7 Å². The molecule has 2 aromatic carbocycles. The Balaban J connectivity index is 1.12. The summed E-state index contributed by atoms with van der Waals surface area (Å²) in [5, 5.41) is 28.8. The molecule has 1 aromatic heterocycles. The van der Waals surface area contributed by atoms with Crippen LogP contribution in [0.25, 0.3) is 10.8 Å². The lowest BCUT2D eigenvalue weighted by atomic mass is 9.48. The summed E-state index contributed by atoms with van der Waals surface area (Å²) in [6.45, 7) is 1.95. The lowest BCUT2D eigenvalue weighted by Gasteiger charge is -2.64. The largest absolute Gasteiger partial charge is 0.504 e. The van der Waals surface area contributed by atoms with Gasteiger partial charge in [0.2, 0.25) is 5.91 Å². The van der Waals surface area contributed by atoms with Crippen LogP contribution in [0.3, 0.4) is 0 Å². The van der Waals surface area contributed by atoms with Crippen molar-refractivity contribution in [3.8, 4) is 11.5 Å². The van der Waals surface area contributed by atoms with Gasteiger partial charge in [0, 0.05) is 29.7 Å². The first-order valence-corrected chi connectivity index (χ1v) is 14.1. The van der Waals surface area contributed by atoms with Gasteiger partial charge in [0.1, 0.15) is 6.10 Å². The van der Waals surface area contributed by atoms with Crippen molar-refractivity contribution in [2.45, 2.75) is 74.1 Å². The van der Waals surface area contributed by atoms with E-state index in [0.717, 1.165) is 53.9 Å². The lowest BCUT2D eigenvalue weighted by Crippen LogP contribution is -2.78. The van der Waals surface area contributed by atoms with Crippen molar-refractivity contribution in [3.05, 3.63) is 65.5 Å². The highest BCUT2D eigenvalue weighted by Crippen LogP contribution is 2.65. The minimum atomic E-state index is -0.946. The molecule has 3 heterocycles. The number of likely N-dealkylation sites (tertiary alicyclic amines) is 1. The number of pyridine rings is 1. The Kier molecular flexibility index (Phi) is 4.76. The van der Waals surface area contributed by atoms with Crippen LogP contribution < -0.4 is 10.1 Å². The molecule has 196 valence electrons. The molecule has 3 N–H and O–H groups in total. The fourth-order valence-corrected chi connectivity index (χ4v) is 8.28. The highest BCUT2D eigenvalue weighted by Gasteiger charge is 2.73. The number of carbonyl (C=O) groups excluding carboxylic acids is 1. The average Bonchev–Trinajstić information content (AvgIpc) is 3.65. The number of benzene rings is 2. The van der Waals surface area contributed by atoms with E-state index >= 15 is 0 Å². The monoisotopic (exact) mass is 511 g/mol. The normalized spacial score (nSPS) is 33.0. The highest BCUT2D eigenvalue weighted by molar-refractivity contribution is 5.84. The highest BCUT2D eigenvalue weighted by atomic mass is 16.5. The van der Waals surface area contributed by atoms with Crippen LogP contribution in [0.15, 0.2) is 48.7 Å². The van der Waals surface area contributed by atoms with Gasteiger partial charge < -0.3 is 20.3 Å². The molecule has 1 spiro atoms. The predicted molar refractivity (Wildman–Crippen MR) is 142 cm³/mol. The van der Waals surface area contributed by atoms with Gasteiger partial charge in [-0.05, 0) is 74.1 Å². The van der Waals surface area contributed by atoms with Crippen LogP contribution in [0.4, 0.5) is 0 Å². The number of aromatic nitrogens is 1. The van der Waals surface area contributed by atoms with Crippen LogP contribution in [0.5, 0.6) is 11.5 Å². The number of hydrogen-bond donors (Lipinski definition) is 3. The molecule has 2 saturated carbocycles. The molecule has 7 heteroatoms. The fourth-order valence-electron chi connectivity index (χ4n) is 8.28. The summed E-state index contributed by atoms with van der Waals surface area (Å²) < 4.78 is 6.57. The Hall–Kier alpha value is -3.16. The van der Waals surface area contributed by atoms with E-state index in [9.17, 15) is 15.0 Å². The number of phenols is 1. The number of rotatable bonds is 5. The summed E-state index contributed by atoms with van der Waals surface area (Å²) in [5.74, 6) is 1.29. The summed E-state index contributed by atoms with van der Waals surface area (Å²) in [5.41, 5.74) is 1.31. The molecule has 2 aliphatic heterocycles. The van der Waals surface area contributed by atoms with E-state index in [1.807, 2.05) is 42.6 Å². The molecule has 0 radical (unpaired) electrons. The first-order chi connectivity index (χ1) is 18.5. The third kappa shape index (κ3) is 3.09. The van der Waals surface area contributed by atoms with Gasteiger partial charge in [0.05, 0.1) is 29.2 Å². The number of phenolic OH excluding ortho intramolecular Hbond substituents is 1. The summed E-state index contributed by atoms with van der Waals surface area (Å²) in [6.07, 6.45) is 6.93. The van der Waals surface area contributed by atoms with Crippen molar-refractivity contribution in [1.29, 1.82) is 0 Å². The first kappa shape index (κ1) is 22.8. The molecular weight excluding hydrogens is 478 g/mol. The molecule has 3 aliphatic carbocycles. The molecule has 3 aromatic rings. The van der Waals surface area contributed by atoms with Gasteiger partial charge in [0.25, 0.3) is 0 Å². The predicted octanol–water partition coefficient (Wildman–Crippen LogP) is 3.23. The third-order valence-corrected chi connectivity index (χ3v) is 10.1. The number of hydrogen-bond acceptors (Lipinski definition) is 6. The van der Waals surface area contributed by atoms with Gasteiger partial charge >= 0.3 is 0 Å². The summed E-state index contributed by atoms with van der Waals surface area (Å²) in [6, 6.07) is 13.5. The van der Waals surface area contributed by atoms with Crippen LogP contribution in [-0.2, 0) is 23.1 Å². The SMILES string of the molecule is O=C(Cc1cc2ccccc2cn1)N[C@H]1CC[C@@]2(O)[C@H]3Cc4ccc(O)c5c4[C@@]2(CCN3CC2CC2)[C@H]1O5. The maximum atomic E-state index is 13.3. The van der Waals surface area contributed by atoms with Gasteiger partial charge in [-0.1, -0.05) is 30.3 Å². The molecule has 5 atom stereocenters. The molecule has 38 heavy (non-hydrogen) atoms. The molecule has 5 aliphatic rings. The van der Waals surface area contributed by atoms with Gasteiger partial charge in [-0.2, -0.15) is 0 Å². The van der Waals surface area contributed by atoms with Crippen LogP contribution in [0, 0.1) is 5.92 Å². The van der Waals surface area contributed by atoms with E-state index in [0.29, 0.717) is 18.6 Å². The van der Waals surface area contributed by atoms with Gasteiger partial charge in [0.15, 0.2) is 11.5 Å². The number of piperidine rings is 1. The topological polar surface area (TPSA) is 94.9 Å². The Labute approximate surface area is 221 Å². The zero-order chi connectivity index (χ0) is 25.6. The first-order valence-electron chi connectivity index (χ1n) is 14.1. The van der Waals surface area contributed by atoms with Crippen LogP contribution in [0.1, 0.15) is 48.9 Å². The number of aliphatic hydroxyl groups is 1. The number of ether oxygens (including phenoxy) is 1. The molecule has 1 saturated heterocycles. The Morgan fingerprint density at radius 3 is 2.82 bits per heavy atom.